The third-order valence-electron chi connectivity index (χ3n) is 5.24. The van der Waals surface area contributed by atoms with Gasteiger partial charge >= 0.3 is 0 Å². The molecule has 2 aromatic carbocycles. The van der Waals surface area contributed by atoms with Crippen LogP contribution in [0.4, 0.5) is 11.5 Å². The molecule has 1 atom stereocenters. The molecule has 4 rings (SSSR count). The lowest BCUT2D eigenvalue weighted by Gasteiger charge is -2.35. The molecule has 1 aliphatic rings. The Balaban J connectivity index is 1.37. The highest BCUT2D eigenvalue weighted by molar-refractivity contribution is 6.01. The van der Waals surface area contributed by atoms with Crippen LogP contribution in [0.25, 0.3) is 0 Å². The Morgan fingerprint density at radius 3 is 2.58 bits per heavy atom. The predicted molar refractivity (Wildman–Crippen MR) is 121 cm³/mol. The fraction of sp³-hybridized carbons (Fsp3) is 0.208. The molecule has 0 aliphatic carbocycles. The molecular weight excluding hydrogens is 390 g/mol. The van der Waals surface area contributed by atoms with E-state index in [2.05, 4.69) is 15.6 Å². The molecule has 7 nitrogen and oxygen atoms in total. The molecule has 0 saturated carbocycles. The smallest absolute Gasteiger partial charge is 0.256 e. The SMILES string of the molecule is CN(CC(=O)Nc1ccc([C@H]2NC(=O)c3cccnc3N2C)cc1)Cc1ccccc1. The molecule has 2 heterocycles. The van der Waals surface area contributed by atoms with Crippen molar-refractivity contribution < 1.29 is 9.59 Å². The maximum atomic E-state index is 12.4. The summed E-state index contributed by atoms with van der Waals surface area (Å²) in [7, 11) is 3.82. The van der Waals surface area contributed by atoms with E-state index in [1.54, 1.807) is 18.3 Å². The second-order valence-corrected chi connectivity index (χ2v) is 7.69. The summed E-state index contributed by atoms with van der Waals surface area (Å²) < 4.78 is 0. The van der Waals surface area contributed by atoms with Crippen molar-refractivity contribution in [3.63, 3.8) is 0 Å². The molecule has 158 valence electrons. The number of anilines is 2. The number of rotatable bonds is 6. The van der Waals surface area contributed by atoms with Crippen LogP contribution in [0.15, 0.2) is 72.9 Å². The van der Waals surface area contributed by atoms with E-state index in [1.165, 1.54) is 0 Å². The number of amides is 2. The van der Waals surface area contributed by atoms with Gasteiger partial charge in [0.05, 0.1) is 12.1 Å². The van der Waals surface area contributed by atoms with Gasteiger partial charge in [-0.25, -0.2) is 4.98 Å². The highest BCUT2D eigenvalue weighted by Crippen LogP contribution is 2.30. The standard InChI is InChI=1S/C24H25N5O2/c1-28(15-17-7-4-3-5-8-17)16-21(30)26-19-12-10-18(11-13-19)22-27-24(31)20-9-6-14-25-23(20)29(22)2/h3-14,22H,15-16H2,1-2H3,(H,26,30)(H,27,31)/t22-/m0/s1. The van der Waals surface area contributed by atoms with E-state index in [0.29, 0.717) is 30.2 Å². The second kappa shape index (κ2) is 8.97. The Morgan fingerprint density at radius 1 is 1.10 bits per heavy atom. The zero-order valence-electron chi connectivity index (χ0n) is 17.6. The number of fused-ring (bicyclic) bond motifs is 1. The zero-order chi connectivity index (χ0) is 21.8. The Labute approximate surface area is 181 Å². The van der Waals surface area contributed by atoms with Gasteiger partial charge in [0.25, 0.3) is 5.91 Å². The lowest BCUT2D eigenvalue weighted by atomic mass is 10.1. The molecule has 2 amide bonds. The van der Waals surface area contributed by atoms with Gasteiger partial charge in [-0.2, -0.15) is 0 Å². The molecule has 0 fully saturated rings. The molecule has 1 aliphatic heterocycles. The third kappa shape index (κ3) is 4.73. The Morgan fingerprint density at radius 2 is 1.84 bits per heavy atom. The summed E-state index contributed by atoms with van der Waals surface area (Å²) in [5.74, 6) is 0.424. The van der Waals surface area contributed by atoms with Gasteiger partial charge < -0.3 is 15.5 Å². The Bertz CT molecular complexity index is 1070. The van der Waals surface area contributed by atoms with Crippen molar-refractivity contribution in [2.45, 2.75) is 12.7 Å². The fourth-order valence-corrected chi connectivity index (χ4v) is 3.73. The van der Waals surface area contributed by atoms with Crippen molar-refractivity contribution in [2.75, 3.05) is 30.9 Å². The number of hydrogen-bond donors (Lipinski definition) is 2. The monoisotopic (exact) mass is 415 g/mol. The van der Waals surface area contributed by atoms with Crippen molar-refractivity contribution in [3.05, 3.63) is 89.6 Å². The van der Waals surface area contributed by atoms with Gasteiger partial charge in [-0.3, -0.25) is 14.5 Å². The van der Waals surface area contributed by atoms with E-state index in [4.69, 9.17) is 0 Å². The first-order chi connectivity index (χ1) is 15.0. The zero-order valence-corrected chi connectivity index (χ0v) is 17.6. The van der Waals surface area contributed by atoms with Crippen LogP contribution in [0.5, 0.6) is 0 Å². The molecule has 31 heavy (non-hydrogen) atoms. The third-order valence-corrected chi connectivity index (χ3v) is 5.24. The van der Waals surface area contributed by atoms with Crippen LogP contribution >= 0.6 is 0 Å². The number of likely N-dealkylation sites (N-methyl/N-ethyl adjacent to an activating group) is 1. The van der Waals surface area contributed by atoms with Gasteiger partial charge in [0.2, 0.25) is 5.91 Å². The summed E-state index contributed by atoms with van der Waals surface area (Å²) in [4.78, 5) is 33.1. The van der Waals surface area contributed by atoms with E-state index in [1.807, 2.05) is 78.5 Å². The first-order valence-corrected chi connectivity index (χ1v) is 10.1. The van der Waals surface area contributed by atoms with Crippen molar-refractivity contribution in [1.29, 1.82) is 0 Å². The summed E-state index contributed by atoms with van der Waals surface area (Å²) in [5, 5.41) is 5.93. The molecule has 0 radical (unpaired) electrons. The largest absolute Gasteiger partial charge is 0.335 e. The number of carbonyl (C=O) groups is 2. The molecule has 0 saturated heterocycles. The van der Waals surface area contributed by atoms with Crippen LogP contribution < -0.4 is 15.5 Å². The van der Waals surface area contributed by atoms with Crippen LogP contribution in [0, 0.1) is 0 Å². The Hall–Kier alpha value is -3.71. The van der Waals surface area contributed by atoms with Crippen LogP contribution in [-0.4, -0.2) is 42.3 Å². The van der Waals surface area contributed by atoms with E-state index in [9.17, 15) is 9.59 Å². The number of nitrogens with zero attached hydrogens (tertiary/aromatic N) is 3. The van der Waals surface area contributed by atoms with Crippen molar-refractivity contribution in [2.24, 2.45) is 0 Å². The van der Waals surface area contributed by atoms with E-state index in [-0.39, 0.29) is 18.0 Å². The first-order valence-electron chi connectivity index (χ1n) is 10.1. The van der Waals surface area contributed by atoms with Crippen LogP contribution in [0.3, 0.4) is 0 Å². The highest BCUT2D eigenvalue weighted by atomic mass is 16.2. The molecule has 0 bridgehead atoms. The molecule has 7 heteroatoms. The maximum Gasteiger partial charge on any atom is 0.256 e. The summed E-state index contributed by atoms with van der Waals surface area (Å²) in [6.45, 7) is 0.997. The summed E-state index contributed by atoms with van der Waals surface area (Å²) in [6, 6.07) is 21.1. The normalized spacial score (nSPS) is 15.4. The van der Waals surface area contributed by atoms with Gasteiger partial charge in [-0.15, -0.1) is 0 Å². The summed E-state index contributed by atoms with van der Waals surface area (Å²) in [5.41, 5.74) is 3.35. The quantitative estimate of drug-likeness (QED) is 0.647. The lowest BCUT2D eigenvalue weighted by Crippen LogP contribution is -2.45. The van der Waals surface area contributed by atoms with Crippen molar-refractivity contribution >= 4 is 23.3 Å². The second-order valence-electron chi connectivity index (χ2n) is 7.69. The van der Waals surface area contributed by atoms with Gasteiger partial charge in [0.15, 0.2) is 0 Å². The minimum absolute atomic E-state index is 0.0765. The van der Waals surface area contributed by atoms with E-state index in [0.717, 1.165) is 11.1 Å². The molecule has 2 N–H and O–H groups in total. The predicted octanol–water partition coefficient (Wildman–Crippen LogP) is 3.03. The number of pyridine rings is 1. The maximum absolute atomic E-state index is 12.4. The van der Waals surface area contributed by atoms with Crippen LogP contribution in [0.1, 0.15) is 27.7 Å². The minimum Gasteiger partial charge on any atom is -0.335 e. The fourth-order valence-electron chi connectivity index (χ4n) is 3.73. The van der Waals surface area contributed by atoms with Gasteiger partial charge in [-0.1, -0.05) is 42.5 Å². The number of benzene rings is 2. The number of nitrogens with one attached hydrogen (secondary N) is 2. The van der Waals surface area contributed by atoms with Crippen LogP contribution in [-0.2, 0) is 11.3 Å². The average Bonchev–Trinajstić information content (AvgIpc) is 2.77. The van der Waals surface area contributed by atoms with Gasteiger partial charge in [-0.05, 0) is 42.4 Å². The topological polar surface area (TPSA) is 77.6 Å². The molecule has 3 aromatic rings. The van der Waals surface area contributed by atoms with E-state index >= 15 is 0 Å². The average molecular weight is 415 g/mol. The van der Waals surface area contributed by atoms with E-state index < -0.39 is 0 Å². The minimum atomic E-state index is -0.323. The van der Waals surface area contributed by atoms with Crippen molar-refractivity contribution in [1.82, 2.24) is 15.2 Å². The van der Waals surface area contributed by atoms with Gasteiger partial charge in [0, 0.05) is 25.5 Å². The lowest BCUT2D eigenvalue weighted by molar-refractivity contribution is -0.117. The first kappa shape index (κ1) is 20.6. The van der Waals surface area contributed by atoms with Crippen LogP contribution in [0.2, 0.25) is 0 Å². The molecule has 0 unspecified atom stereocenters. The number of carbonyl (C=O) groups excluding carboxylic acids is 2. The summed E-state index contributed by atoms with van der Waals surface area (Å²) in [6.07, 6.45) is 1.36. The van der Waals surface area contributed by atoms with Crippen molar-refractivity contribution in [3.8, 4) is 0 Å². The van der Waals surface area contributed by atoms with Gasteiger partial charge in [0.1, 0.15) is 12.0 Å². The number of hydrogen-bond acceptors (Lipinski definition) is 5. The molecule has 0 spiro atoms. The molecule has 1 aromatic heterocycles. The number of aromatic nitrogens is 1. The Kier molecular flexibility index (Phi) is 5.95. The molecular formula is C24H25N5O2. The highest BCUT2D eigenvalue weighted by Gasteiger charge is 2.30. The summed E-state index contributed by atoms with van der Waals surface area (Å²) >= 11 is 0.